The number of carbonyl (C=O) groups is 1. The highest BCUT2D eigenvalue weighted by Crippen LogP contribution is 2.21. The van der Waals surface area contributed by atoms with E-state index >= 15 is 0 Å². The molecule has 0 bridgehead atoms. The van der Waals surface area contributed by atoms with Gasteiger partial charge in [0.05, 0.1) is 0 Å². The molecule has 3 rings (SSSR count). The van der Waals surface area contributed by atoms with Crippen molar-refractivity contribution in [2.75, 3.05) is 63.6 Å². The number of nitrogens with zero attached hydrogens (tertiary/aromatic N) is 4. The van der Waals surface area contributed by atoms with Crippen LogP contribution in [-0.4, -0.2) is 74.1 Å². The van der Waals surface area contributed by atoms with Crippen LogP contribution < -0.4 is 10.2 Å². The van der Waals surface area contributed by atoms with Gasteiger partial charge in [0.1, 0.15) is 5.82 Å². The molecule has 2 heterocycles. The number of piperazine rings is 1. The minimum Gasteiger partial charge on any atom is -0.369 e. The topological polar surface area (TPSA) is 51.7 Å². The number of nitrogens with one attached hydrogen (secondary N) is 1. The Balaban J connectivity index is 1.57. The molecule has 1 N–H and O–H groups in total. The summed E-state index contributed by atoms with van der Waals surface area (Å²) in [6, 6.07) is 11.5. The van der Waals surface area contributed by atoms with Crippen molar-refractivity contribution in [1.82, 2.24) is 14.8 Å². The Kier molecular flexibility index (Phi) is 6.53. The quantitative estimate of drug-likeness (QED) is 0.825. The second-order valence-electron chi connectivity index (χ2n) is 6.92. The van der Waals surface area contributed by atoms with Gasteiger partial charge in [-0.25, -0.2) is 4.98 Å². The molecular formula is C20H26ClN5O. The molecule has 6 nitrogen and oxygen atoms in total. The first-order valence-electron chi connectivity index (χ1n) is 9.17. The number of hydrogen-bond donors (Lipinski definition) is 1. The molecule has 0 unspecified atom stereocenters. The minimum atomic E-state index is 0.0544. The summed E-state index contributed by atoms with van der Waals surface area (Å²) in [5.74, 6) is 0.791. The molecule has 0 saturated carbocycles. The van der Waals surface area contributed by atoms with Gasteiger partial charge in [0.15, 0.2) is 0 Å². The monoisotopic (exact) mass is 387 g/mol. The highest BCUT2D eigenvalue weighted by atomic mass is 35.5. The molecule has 1 aromatic heterocycles. The normalized spacial score (nSPS) is 14.5. The largest absolute Gasteiger partial charge is 0.369 e. The van der Waals surface area contributed by atoms with Crippen LogP contribution in [-0.2, 0) is 0 Å². The first kappa shape index (κ1) is 19.5. The van der Waals surface area contributed by atoms with Crippen molar-refractivity contribution in [3.05, 3.63) is 53.2 Å². The first-order valence-corrected chi connectivity index (χ1v) is 9.55. The number of benzene rings is 1. The molecule has 144 valence electrons. The summed E-state index contributed by atoms with van der Waals surface area (Å²) in [5.41, 5.74) is 1.78. The van der Waals surface area contributed by atoms with Crippen LogP contribution in [0.25, 0.3) is 0 Å². The van der Waals surface area contributed by atoms with Crippen LogP contribution in [0.15, 0.2) is 42.6 Å². The van der Waals surface area contributed by atoms with E-state index in [1.807, 2.05) is 43.3 Å². The molecule has 27 heavy (non-hydrogen) atoms. The molecule has 0 atom stereocenters. The number of carbonyl (C=O) groups excluding carboxylic acids is 1. The summed E-state index contributed by atoms with van der Waals surface area (Å²) in [5, 5.41) is 4.00. The molecule has 1 aliphatic rings. The van der Waals surface area contributed by atoms with E-state index in [1.165, 1.54) is 0 Å². The van der Waals surface area contributed by atoms with Gasteiger partial charge in [-0.2, -0.15) is 0 Å². The summed E-state index contributed by atoms with van der Waals surface area (Å²) in [6.45, 7) is 4.67. The highest BCUT2D eigenvalue weighted by Gasteiger charge is 2.22. The fourth-order valence-electron chi connectivity index (χ4n) is 3.09. The van der Waals surface area contributed by atoms with E-state index in [9.17, 15) is 4.79 Å². The lowest BCUT2D eigenvalue weighted by atomic mass is 10.2. The lowest BCUT2D eigenvalue weighted by Gasteiger charge is -2.36. The zero-order valence-electron chi connectivity index (χ0n) is 15.9. The smallest absolute Gasteiger partial charge is 0.254 e. The van der Waals surface area contributed by atoms with Gasteiger partial charge in [-0.05, 0) is 44.4 Å². The van der Waals surface area contributed by atoms with Crippen LogP contribution in [0.4, 0.5) is 11.5 Å². The lowest BCUT2D eigenvalue weighted by Crippen LogP contribution is -2.48. The number of likely N-dealkylation sites (N-methyl/N-ethyl adjacent to an activating group) is 1. The van der Waals surface area contributed by atoms with Crippen LogP contribution in [0.1, 0.15) is 10.4 Å². The number of pyridine rings is 1. The molecule has 2 aromatic rings. The molecule has 1 aromatic carbocycles. The Labute approximate surface area is 165 Å². The molecule has 0 radical (unpaired) electrons. The standard InChI is InChI=1S/C20H26ClN5O/c1-24(2)9-8-23-19-14-16(6-7-22-19)20(27)26-12-10-25(11-13-26)18-5-3-4-17(21)15-18/h3-7,14-15H,8-13H2,1-2H3,(H,22,23). The molecular weight excluding hydrogens is 362 g/mol. The first-order chi connectivity index (χ1) is 13.0. The maximum atomic E-state index is 12.9. The number of hydrogen-bond acceptors (Lipinski definition) is 5. The summed E-state index contributed by atoms with van der Waals surface area (Å²) in [4.78, 5) is 23.4. The van der Waals surface area contributed by atoms with E-state index in [0.29, 0.717) is 18.7 Å². The Morgan fingerprint density at radius 1 is 1.19 bits per heavy atom. The number of anilines is 2. The van der Waals surface area contributed by atoms with E-state index in [1.54, 1.807) is 12.3 Å². The molecule has 1 aliphatic heterocycles. The lowest BCUT2D eigenvalue weighted by molar-refractivity contribution is 0.0746. The van der Waals surface area contributed by atoms with Gasteiger partial charge in [0.25, 0.3) is 5.91 Å². The second-order valence-corrected chi connectivity index (χ2v) is 7.36. The van der Waals surface area contributed by atoms with Gasteiger partial charge >= 0.3 is 0 Å². The van der Waals surface area contributed by atoms with Crippen LogP contribution >= 0.6 is 11.6 Å². The van der Waals surface area contributed by atoms with Gasteiger partial charge < -0.3 is 20.0 Å². The fourth-order valence-corrected chi connectivity index (χ4v) is 3.28. The van der Waals surface area contributed by atoms with Gasteiger partial charge in [0, 0.05) is 61.7 Å². The Morgan fingerprint density at radius 3 is 2.67 bits per heavy atom. The maximum absolute atomic E-state index is 12.9. The second kappa shape index (κ2) is 9.06. The number of rotatable bonds is 6. The third-order valence-corrected chi connectivity index (χ3v) is 4.85. The van der Waals surface area contributed by atoms with Crippen LogP contribution in [0.3, 0.4) is 0 Å². The average Bonchev–Trinajstić information content (AvgIpc) is 2.67. The van der Waals surface area contributed by atoms with Crippen molar-refractivity contribution in [2.45, 2.75) is 0 Å². The molecule has 0 spiro atoms. The van der Waals surface area contributed by atoms with Crippen molar-refractivity contribution in [2.24, 2.45) is 0 Å². The summed E-state index contributed by atoms with van der Waals surface area (Å²) >= 11 is 6.09. The Morgan fingerprint density at radius 2 is 1.96 bits per heavy atom. The molecule has 0 aliphatic carbocycles. The number of aromatic nitrogens is 1. The van der Waals surface area contributed by atoms with Gasteiger partial charge in [-0.3, -0.25) is 4.79 Å². The van der Waals surface area contributed by atoms with Gasteiger partial charge in [0.2, 0.25) is 0 Å². The van der Waals surface area contributed by atoms with E-state index < -0.39 is 0 Å². The zero-order chi connectivity index (χ0) is 19.2. The van der Waals surface area contributed by atoms with E-state index in [-0.39, 0.29) is 5.91 Å². The Hall–Kier alpha value is -2.31. The third-order valence-electron chi connectivity index (χ3n) is 4.61. The molecule has 7 heteroatoms. The van der Waals surface area contributed by atoms with Crippen LogP contribution in [0.2, 0.25) is 5.02 Å². The fraction of sp³-hybridized carbons (Fsp3) is 0.400. The van der Waals surface area contributed by atoms with Crippen molar-refractivity contribution in [3.63, 3.8) is 0 Å². The highest BCUT2D eigenvalue weighted by molar-refractivity contribution is 6.30. The summed E-state index contributed by atoms with van der Waals surface area (Å²) < 4.78 is 0. The molecule has 1 fully saturated rings. The summed E-state index contributed by atoms with van der Waals surface area (Å²) in [7, 11) is 4.05. The van der Waals surface area contributed by atoms with Gasteiger partial charge in [-0.15, -0.1) is 0 Å². The van der Waals surface area contributed by atoms with Gasteiger partial charge in [-0.1, -0.05) is 17.7 Å². The van der Waals surface area contributed by atoms with Crippen LogP contribution in [0, 0.1) is 0 Å². The maximum Gasteiger partial charge on any atom is 0.254 e. The minimum absolute atomic E-state index is 0.0544. The SMILES string of the molecule is CN(C)CCNc1cc(C(=O)N2CCN(c3cccc(Cl)c3)CC2)ccn1. The summed E-state index contributed by atoms with van der Waals surface area (Å²) in [6.07, 6.45) is 1.69. The predicted octanol–water partition coefficient (Wildman–Crippen LogP) is 2.67. The van der Waals surface area contributed by atoms with Crippen molar-refractivity contribution < 1.29 is 4.79 Å². The molecule has 1 amide bonds. The Bertz CT molecular complexity index is 774. The average molecular weight is 388 g/mol. The predicted molar refractivity (Wildman–Crippen MR) is 111 cm³/mol. The number of amides is 1. The number of halogens is 1. The van der Waals surface area contributed by atoms with E-state index in [4.69, 9.17) is 11.6 Å². The van der Waals surface area contributed by atoms with Crippen molar-refractivity contribution in [3.8, 4) is 0 Å². The third kappa shape index (κ3) is 5.34. The van der Waals surface area contributed by atoms with Crippen LogP contribution in [0.5, 0.6) is 0 Å². The van der Waals surface area contributed by atoms with E-state index in [2.05, 4.69) is 26.2 Å². The zero-order valence-corrected chi connectivity index (χ0v) is 16.6. The van der Waals surface area contributed by atoms with E-state index in [0.717, 1.165) is 42.7 Å². The van der Waals surface area contributed by atoms with Crippen molar-refractivity contribution in [1.29, 1.82) is 0 Å². The van der Waals surface area contributed by atoms with Crippen molar-refractivity contribution >= 4 is 29.0 Å². The molecule has 1 saturated heterocycles.